The van der Waals surface area contributed by atoms with Gasteiger partial charge in [-0.1, -0.05) is 18.2 Å². The van der Waals surface area contributed by atoms with Crippen LogP contribution in [0.1, 0.15) is 23.6 Å². The van der Waals surface area contributed by atoms with Gasteiger partial charge < -0.3 is 10.2 Å². The summed E-state index contributed by atoms with van der Waals surface area (Å²) in [7, 11) is -1.74. The van der Waals surface area contributed by atoms with Gasteiger partial charge in [-0.2, -0.15) is 5.10 Å². The van der Waals surface area contributed by atoms with Crippen molar-refractivity contribution < 1.29 is 18.0 Å². The van der Waals surface area contributed by atoms with Crippen LogP contribution in [0.3, 0.4) is 0 Å². The molecule has 1 aromatic heterocycles. The van der Waals surface area contributed by atoms with Crippen molar-refractivity contribution in [1.29, 1.82) is 0 Å². The van der Waals surface area contributed by atoms with E-state index in [9.17, 15) is 18.0 Å². The van der Waals surface area contributed by atoms with Gasteiger partial charge in [-0.15, -0.1) is 0 Å². The minimum absolute atomic E-state index is 0.158. The summed E-state index contributed by atoms with van der Waals surface area (Å²) in [4.78, 5) is 27.6. The predicted molar refractivity (Wildman–Crippen MR) is 102 cm³/mol. The van der Waals surface area contributed by atoms with Crippen LogP contribution < -0.4 is 10.0 Å². The molecular weight excluding hydrogens is 382 g/mol. The number of hydrogen-bond acceptors (Lipinski definition) is 5. The van der Waals surface area contributed by atoms with Gasteiger partial charge in [0.25, 0.3) is 0 Å². The maximum Gasteiger partial charge on any atom is 0.238 e. The molecule has 9 nitrogen and oxygen atoms in total. The molecule has 0 bridgehead atoms. The third kappa shape index (κ3) is 2.89. The summed E-state index contributed by atoms with van der Waals surface area (Å²) < 4.78 is 26.7. The number of likely N-dealkylation sites (tertiary alicyclic amines) is 1. The number of rotatable bonds is 4. The molecule has 2 aliphatic heterocycles. The molecule has 0 unspecified atom stereocenters. The zero-order chi connectivity index (χ0) is 20.1. The Hall–Kier alpha value is -2.72. The van der Waals surface area contributed by atoms with Crippen molar-refractivity contribution in [2.75, 3.05) is 24.7 Å². The average Bonchev–Trinajstić information content (AvgIpc) is 3.30. The summed E-state index contributed by atoms with van der Waals surface area (Å²) in [6.07, 6.45) is 4.89. The van der Waals surface area contributed by atoms with Crippen LogP contribution in [0.25, 0.3) is 0 Å². The molecule has 1 saturated heterocycles. The molecule has 1 fully saturated rings. The molecule has 2 amide bonds. The standard InChI is InChI=1S/C18H21N5O4S/c1-22-11-12(9-19-22)16-18(13-5-3-4-6-14(13)21-17(18)25)7-8-23(16)15(24)10-20-28(2,26)27/h3-6,9,11,16,20H,7-8,10H2,1-2H3,(H,21,25)/t16-,18+/m0/s1. The first-order valence-electron chi connectivity index (χ1n) is 8.86. The third-order valence-corrected chi connectivity index (χ3v) is 6.10. The first-order valence-corrected chi connectivity index (χ1v) is 10.7. The van der Waals surface area contributed by atoms with Gasteiger partial charge in [0.2, 0.25) is 21.8 Å². The van der Waals surface area contributed by atoms with Crippen LogP contribution in [0.2, 0.25) is 0 Å². The van der Waals surface area contributed by atoms with Crippen molar-refractivity contribution in [3.63, 3.8) is 0 Å². The number of aromatic nitrogens is 2. The molecule has 2 aromatic rings. The maximum atomic E-state index is 13.1. The van der Waals surface area contributed by atoms with E-state index in [1.165, 1.54) is 0 Å². The Labute approximate surface area is 162 Å². The topological polar surface area (TPSA) is 113 Å². The highest BCUT2D eigenvalue weighted by atomic mass is 32.2. The summed E-state index contributed by atoms with van der Waals surface area (Å²) in [6.45, 7) is -0.0134. The molecule has 1 aromatic carbocycles. The van der Waals surface area contributed by atoms with Crippen LogP contribution in [0.5, 0.6) is 0 Å². The molecular formula is C18H21N5O4S. The second kappa shape index (κ2) is 6.42. The lowest BCUT2D eigenvalue weighted by molar-refractivity contribution is -0.132. The van der Waals surface area contributed by atoms with Gasteiger partial charge in [0.05, 0.1) is 25.0 Å². The summed E-state index contributed by atoms with van der Waals surface area (Å²) >= 11 is 0. The normalized spacial score (nSPS) is 23.9. The molecule has 10 heteroatoms. The molecule has 2 N–H and O–H groups in total. The number of nitrogens with zero attached hydrogens (tertiary/aromatic N) is 3. The highest BCUT2D eigenvalue weighted by Gasteiger charge is 2.59. The second-order valence-corrected chi connectivity index (χ2v) is 9.08. The van der Waals surface area contributed by atoms with E-state index in [1.807, 2.05) is 24.3 Å². The van der Waals surface area contributed by atoms with Crippen LogP contribution in [-0.4, -0.2) is 54.3 Å². The van der Waals surface area contributed by atoms with E-state index in [0.717, 1.165) is 23.1 Å². The largest absolute Gasteiger partial charge is 0.333 e. The van der Waals surface area contributed by atoms with Gasteiger partial charge >= 0.3 is 0 Å². The molecule has 3 heterocycles. The van der Waals surface area contributed by atoms with Crippen molar-refractivity contribution in [1.82, 2.24) is 19.4 Å². The summed E-state index contributed by atoms with van der Waals surface area (Å²) in [5.74, 6) is -0.540. The fourth-order valence-electron chi connectivity index (χ4n) is 4.29. The Bertz CT molecular complexity index is 1060. The van der Waals surface area contributed by atoms with E-state index in [4.69, 9.17) is 0 Å². The first kappa shape index (κ1) is 18.6. The molecule has 4 rings (SSSR count). The third-order valence-electron chi connectivity index (χ3n) is 5.43. The number of sulfonamides is 1. The van der Waals surface area contributed by atoms with Gasteiger partial charge in [-0.25, -0.2) is 13.1 Å². The first-order chi connectivity index (χ1) is 13.2. The smallest absolute Gasteiger partial charge is 0.238 e. The van der Waals surface area contributed by atoms with Gasteiger partial charge in [-0.05, 0) is 18.1 Å². The van der Waals surface area contributed by atoms with Crippen LogP contribution in [0, 0.1) is 0 Å². The Morgan fingerprint density at radius 2 is 2.14 bits per heavy atom. The van der Waals surface area contributed by atoms with E-state index < -0.39 is 21.5 Å². The quantitative estimate of drug-likeness (QED) is 0.754. The lowest BCUT2D eigenvalue weighted by Crippen LogP contribution is -2.45. The second-order valence-electron chi connectivity index (χ2n) is 7.25. The maximum absolute atomic E-state index is 13.1. The van der Waals surface area contributed by atoms with Crippen molar-refractivity contribution >= 4 is 27.5 Å². The minimum Gasteiger partial charge on any atom is -0.333 e. The monoisotopic (exact) mass is 403 g/mol. The molecule has 28 heavy (non-hydrogen) atoms. The van der Waals surface area contributed by atoms with Gasteiger partial charge in [0, 0.05) is 31.0 Å². The Kier molecular flexibility index (Phi) is 4.27. The highest BCUT2D eigenvalue weighted by Crippen LogP contribution is 2.54. The lowest BCUT2D eigenvalue weighted by Gasteiger charge is -2.33. The number of para-hydroxylation sites is 1. The molecule has 0 radical (unpaired) electrons. The summed E-state index contributed by atoms with van der Waals surface area (Å²) in [5.41, 5.74) is 1.39. The Balaban J connectivity index is 1.78. The lowest BCUT2D eigenvalue weighted by atomic mass is 9.73. The molecule has 2 aliphatic rings. The van der Waals surface area contributed by atoms with E-state index in [0.29, 0.717) is 13.0 Å². The number of hydrogen-bond donors (Lipinski definition) is 2. The molecule has 2 atom stereocenters. The number of amides is 2. The number of anilines is 1. The number of aryl methyl sites for hydroxylation is 1. The van der Waals surface area contributed by atoms with E-state index in [1.54, 1.807) is 29.0 Å². The van der Waals surface area contributed by atoms with Gasteiger partial charge in [0.1, 0.15) is 5.41 Å². The average molecular weight is 403 g/mol. The Morgan fingerprint density at radius 1 is 1.39 bits per heavy atom. The minimum atomic E-state index is -3.51. The van der Waals surface area contributed by atoms with Crippen LogP contribution >= 0.6 is 0 Å². The molecule has 0 aliphatic carbocycles. The van der Waals surface area contributed by atoms with Crippen molar-refractivity contribution in [3.05, 3.63) is 47.8 Å². The molecule has 1 spiro atoms. The molecule has 148 valence electrons. The SMILES string of the molecule is Cn1cc([C@@H]2N(C(=O)CNS(C)(=O)=O)CC[C@]23C(=O)Nc2ccccc23)cn1. The molecule has 0 saturated carbocycles. The van der Waals surface area contributed by atoms with Crippen LogP contribution in [-0.2, 0) is 32.1 Å². The fraction of sp³-hybridized carbons (Fsp3) is 0.389. The summed E-state index contributed by atoms with van der Waals surface area (Å²) in [5, 5.41) is 7.15. The zero-order valence-electron chi connectivity index (χ0n) is 15.5. The predicted octanol–water partition coefficient (Wildman–Crippen LogP) is 0.133. The van der Waals surface area contributed by atoms with Crippen LogP contribution in [0.4, 0.5) is 5.69 Å². The summed E-state index contributed by atoms with van der Waals surface area (Å²) in [6, 6.07) is 6.90. The zero-order valence-corrected chi connectivity index (χ0v) is 16.4. The van der Waals surface area contributed by atoms with Crippen molar-refractivity contribution in [3.8, 4) is 0 Å². The van der Waals surface area contributed by atoms with Crippen molar-refractivity contribution in [2.24, 2.45) is 7.05 Å². The number of fused-ring (bicyclic) bond motifs is 2. The number of carbonyl (C=O) groups is 2. The van der Waals surface area contributed by atoms with E-state index in [2.05, 4.69) is 15.1 Å². The van der Waals surface area contributed by atoms with Gasteiger partial charge in [0.15, 0.2) is 0 Å². The highest BCUT2D eigenvalue weighted by molar-refractivity contribution is 7.88. The van der Waals surface area contributed by atoms with Gasteiger partial charge in [-0.3, -0.25) is 14.3 Å². The Morgan fingerprint density at radius 3 is 2.82 bits per heavy atom. The van der Waals surface area contributed by atoms with E-state index in [-0.39, 0.29) is 18.4 Å². The number of nitrogens with one attached hydrogen (secondary N) is 2. The number of carbonyl (C=O) groups excluding carboxylic acids is 2. The fourth-order valence-corrected chi connectivity index (χ4v) is 4.68. The van der Waals surface area contributed by atoms with Crippen molar-refractivity contribution in [2.45, 2.75) is 17.9 Å². The number of benzene rings is 1. The van der Waals surface area contributed by atoms with E-state index >= 15 is 0 Å². The van der Waals surface area contributed by atoms with Crippen LogP contribution in [0.15, 0.2) is 36.7 Å².